The molecule has 2 aromatic rings. The highest BCUT2D eigenvalue weighted by Gasteiger charge is 2.34. The predicted octanol–water partition coefficient (Wildman–Crippen LogP) is 3.12. The highest BCUT2D eigenvalue weighted by Crippen LogP contribution is 2.49. The fourth-order valence-corrected chi connectivity index (χ4v) is 2.79. The van der Waals surface area contributed by atoms with Gasteiger partial charge in [0.1, 0.15) is 23.2 Å². The number of hydrogen-bond donors (Lipinski definition) is 1. The second kappa shape index (κ2) is 6.31. The molecule has 0 saturated carbocycles. The topological polar surface area (TPSA) is 74.2 Å². The summed E-state index contributed by atoms with van der Waals surface area (Å²) in [5.74, 6) is 1.12. The molecular weight excluding hydrogens is 312 g/mol. The van der Waals surface area contributed by atoms with E-state index in [1.165, 1.54) is 20.3 Å². The number of phenolic OH excluding ortho intramolecular Hbond substituents is 1. The van der Waals surface area contributed by atoms with E-state index in [2.05, 4.69) is 0 Å². The zero-order valence-electron chi connectivity index (χ0n) is 13.7. The first-order valence-electron chi connectivity index (χ1n) is 7.40. The first-order chi connectivity index (χ1) is 11.6. The number of hydrogen-bond acceptors (Lipinski definition) is 6. The second-order valence-corrected chi connectivity index (χ2v) is 5.34. The third-order valence-corrected chi connectivity index (χ3v) is 4.00. The summed E-state index contributed by atoms with van der Waals surface area (Å²) in [6, 6.07) is 8.65. The summed E-state index contributed by atoms with van der Waals surface area (Å²) in [6.45, 7) is 0. The molecule has 1 heterocycles. The van der Waals surface area contributed by atoms with Crippen LogP contribution in [-0.4, -0.2) is 32.2 Å². The maximum atomic E-state index is 12.5. The lowest BCUT2D eigenvalue weighted by atomic mass is 9.95. The molecule has 1 aliphatic rings. The molecule has 0 unspecified atom stereocenters. The van der Waals surface area contributed by atoms with Crippen LogP contribution in [-0.2, 0) is 0 Å². The van der Waals surface area contributed by atoms with Gasteiger partial charge in [-0.2, -0.15) is 0 Å². The molecule has 0 saturated heterocycles. The number of Topliss-reactive ketones (excluding diaryl/α,β-unsaturated/α-hetero) is 1. The second-order valence-electron chi connectivity index (χ2n) is 5.34. The molecule has 6 nitrogen and oxygen atoms in total. The monoisotopic (exact) mass is 330 g/mol. The number of aromatic hydroxyl groups is 1. The zero-order valence-corrected chi connectivity index (χ0v) is 13.7. The highest BCUT2D eigenvalue weighted by molar-refractivity contribution is 6.03. The number of rotatable bonds is 4. The quantitative estimate of drug-likeness (QED) is 0.928. The number of fused-ring (bicyclic) bond motifs is 1. The van der Waals surface area contributed by atoms with E-state index >= 15 is 0 Å². The van der Waals surface area contributed by atoms with Crippen LogP contribution in [0.2, 0.25) is 0 Å². The van der Waals surface area contributed by atoms with Gasteiger partial charge in [-0.3, -0.25) is 4.79 Å². The van der Waals surface area contributed by atoms with Crippen LogP contribution in [0.3, 0.4) is 0 Å². The van der Waals surface area contributed by atoms with Crippen LogP contribution in [0.5, 0.6) is 28.7 Å². The van der Waals surface area contributed by atoms with Gasteiger partial charge < -0.3 is 24.1 Å². The Kier molecular flexibility index (Phi) is 4.20. The summed E-state index contributed by atoms with van der Waals surface area (Å²) < 4.78 is 21.6. The maximum absolute atomic E-state index is 12.5. The van der Waals surface area contributed by atoms with E-state index in [1.54, 1.807) is 19.2 Å². The van der Waals surface area contributed by atoms with Gasteiger partial charge in [0.2, 0.25) is 5.75 Å². The minimum Gasteiger partial charge on any atom is -0.507 e. The average Bonchev–Trinajstić information content (AvgIpc) is 2.61. The fourth-order valence-electron chi connectivity index (χ4n) is 2.79. The van der Waals surface area contributed by atoms with E-state index in [-0.39, 0.29) is 35.0 Å². The van der Waals surface area contributed by atoms with Gasteiger partial charge in [0.15, 0.2) is 17.3 Å². The molecule has 0 fully saturated rings. The fraction of sp³-hybridized carbons (Fsp3) is 0.278. The van der Waals surface area contributed by atoms with E-state index in [0.717, 1.165) is 11.3 Å². The molecule has 3 rings (SSSR count). The van der Waals surface area contributed by atoms with Gasteiger partial charge in [0, 0.05) is 6.07 Å². The number of ether oxygens (including phenoxy) is 4. The Balaban J connectivity index is 2.04. The van der Waals surface area contributed by atoms with Crippen molar-refractivity contribution in [1.82, 2.24) is 0 Å². The normalized spacial score (nSPS) is 16.1. The Morgan fingerprint density at radius 3 is 2.38 bits per heavy atom. The van der Waals surface area contributed by atoms with Crippen molar-refractivity contribution in [3.8, 4) is 28.7 Å². The van der Waals surface area contributed by atoms with Gasteiger partial charge in [-0.1, -0.05) is 12.1 Å². The Labute approximate surface area is 139 Å². The van der Waals surface area contributed by atoms with E-state index < -0.39 is 6.10 Å². The lowest BCUT2D eigenvalue weighted by Crippen LogP contribution is -2.21. The molecule has 1 atom stereocenters. The molecule has 0 spiro atoms. The summed E-state index contributed by atoms with van der Waals surface area (Å²) in [4.78, 5) is 12.5. The van der Waals surface area contributed by atoms with Crippen LogP contribution < -0.4 is 18.9 Å². The van der Waals surface area contributed by atoms with E-state index in [9.17, 15) is 9.90 Å². The molecule has 2 aromatic carbocycles. The SMILES string of the molecule is COc1ccc([C@@H]2CC(=O)c3c(O)cc(OC)c(OC)c3O2)cc1. The Morgan fingerprint density at radius 1 is 1.08 bits per heavy atom. The van der Waals surface area contributed by atoms with Crippen LogP contribution >= 0.6 is 0 Å². The molecule has 0 bridgehead atoms. The third kappa shape index (κ3) is 2.60. The summed E-state index contributed by atoms with van der Waals surface area (Å²) in [5, 5.41) is 10.1. The largest absolute Gasteiger partial charge is 0.507 e. The van der Waals surface area contributed by atoms with Crippen LogP contribution in [0.4, 0.5) is 0 Å². The molecular formula is C18H18O6. The van der Waals surface area contributed by atoms with Gasteiger partial charge in [-0.05, 0) is 17.7 Å². The minimum absolute atomic E-state index is 0.123. The molecule has 126 valence electrons. The average molecular weight is 330 g/mol. The number of carbonyl (C=O) groups excluding carboxylic acids is 1. The molecule has 0 radical (unpaired) electrons. The molecule has 0 aliphatic carbocycles. The van der Waals surface area contributed by atoms with Gasteiger partial charge in [-0.25, -0.2) is 0 Å². The van der Waals surface area contributed by atoms with Crippen LogP contribution in [0.15, 0.2) is 30.3 Å². The number of phenols is 1. The van der Waals surface area contributed by atoms with E-state index in [4.69, 9.17) is 18.9 Å². The molecule has 24 heavy (non-hydrogen) atoms. The predicted molar refractivity (Wildman–Crippen MR) is 86.5 cm³/mol. The van der Waals surface area contributed by atoms with Crippen LogP contribution in [0, 0.1) is 0 Å². The van der Waals surface area contributed by atoms with Crippen LogP contribution in [0.25, 0.3) is 0 Å². The summed E-state index contributed by atoms with van der Waals surface area (Å²) >= 11 is 0. The molecule has 1 N–H and O–H groups in total. The summed E-state index contributed by atoms with van der Waals surface area (Å²) in [7, 11) is 4.50. The Bertz CT molecular complexity index is 766. The molecule has 6 heteroatoms. The Hall–Kier alpha value is -2.89. The van der Waals surface area contributed by atoms with Crippen LogP contribution in [0.1, 0.15) is 28.4 Å². The summed E-state index contributed by atoms with van der Waals surface area (Å²) in [5.41, 5.74) is 0.955. The highest BCUT2D eigenvalue weighted by atomic mass is 16.5. The standard InChI is InChI=1S/C18H18O6/c1-21-11-6-4-10(5-7-11)14-8-12(19)16-13(20)9-15(22-2)17(23-3)18(16)24-14/h4-7,9,14,20H,8H2,1-3H3/t14-/m0/s1. The number of benzene rings is 2. The maximum Gasteiger partial charge on any atom is 0.204 e. The van der Waals surface area contributed by atoms with Crippen molar-refractivity contribution in [2.45, 2.75) is 12.5 Å². The minimum atomic E-state index is -0.476. The third-order valence-electron chi connectivity index (χ3n) is 4.00. The van der Waals surface area contributed by atoms with E-state index in [0.29, 0.717) is 5.75 Å². The molecule has 1 aliphatic heterocycles. The number of ketones is 1. The molecule has 0 amide bonds. The summed E-state index contributed by atoms with van der Waals surface area (Å²) in [6.07, 6.45) is -0.348. The lowest BCUT2D eigenvalue weighted by molar-refractivity contribution is 0.0836. The van der Waals surface area contributed by atoms with Gasteiger partial charge >= 0.3 is 0 Å². The number of methoxy groups -OCH3 is 3. The molecule has 0 aromatic heterocycles. The van der Waals surface area contributed by atoms with Crippen molar-refractivity contribution in [2.24, 2.45) is 0 Å². The van der Waals surface area contributed by atoms with Gasteiger partial charge in [0.25, 0.3) is 0 Å². The van der Waals surface area contributed by atoms with Crippen molar-refractivity contribution >= 4 is 5.78 Å². The first-order valence-corrected chi connectivity index (χ1v) is 7.40. The van der Waals surface area contributed by atoms with Crippen molar-refractivity contribution in [1.29, 1.82) is 0 Å². The van der Waals surface area contributed by atoms with E-state index in [1.807, 2.05) is 12.1 Å². The van der Waals surface area contributed by atoms with Gasteiger partial charge in [0.05, 0.1) is 27.8 Å². The van der Waals surface area contributed by atoms with Crippen molar-refractivity contribution < 1.29 is 28.8 Å². The first kappa shape index (κ1) is 16.0. The number of carbonyl (C=O) groups is 1. The van der Waals surface area contributed by atoms with Crippen molar-refractivity contribution in [2.75, 3.05) is 21.3 Å². The van der Waals surface area contributed by atoms with Gasteiger partial charge in [-0.15, -0.1) is 0 Å². The smallest absolute Gasteiger partial charge is 0.204 e. The van der Waals surface area contributed by atoms with Crippen molar-refractivity contribution in [3.63, 3.8) is 0 Å². The lowest BCUT2D eigenvalue weighted by Gasteiger charge is -2.28. The Morgan fingerprint density at radius 2 is 1.79 bits per heavy atom. The van der Waals surface area contributed by atoms with Crippen molar-refractivity contribution in [3.05, 3.63) is 41.5 Å². The zero-order chi connectivity index (χ0) is 17.3.